The van der Waals surface area contributed by atoms with E-state index in [1.165, 1.54) is 38.8 Å². The number of hydrogen-bond acceptors (Lipinski definition) is 4. The molecule has 7 heteroatoms. The van der Waals surface area contributed by atoms with Crippen LogP contribution in [0.3, 0.4) is 0 Å². The zero-order chi connectivity index (χ0) is 18.6. The normalized spacial score (nSPS) is 24.1. The molecule has 2 rings (SSSR count). The Balaban J connectivity index is 0.00000364. The van der Waals surface area contributed by atoms with Gasteiger partial charge in [0.05, 0.1) is 19.8 Å². The van der Waals surface area contributed by atoms with Crippen LogP contribution in [-0.2, 0) is 9.47 Å². The second-order valence-electron chi connectivity index (χ2n) is 7.64. The Bertz CT molecular complexity index is 411. The SMILES string of the molecule is CCNC(=NCCCN1CCCCC1C)N1CCC(COCCOC)C1.I. The zero-order valence-electron chi connectivity index (χ0n) is 17.6. The molecular formula is C20H41IN4O2. The molecule has 2 unspecified atom stereocenters. The number of halogens is 1. The molecule has 0 spiro atoms. The van der Waals surface area contributed by atoms with Gasteiger partial charge in [0.2, 0.25) is 0 Å². The number of nitrogens with one attached hydrogen (secondary N) is 1. The summed E-state index contributed by atoms with van der Waals surface area (Å²) in [5, 5.41) is 3.47. The first kappa shape index (κ1) is 24.9. The molecule has 0 aromatic heterocycles. The molecule has 0 amide bonds. The Labute approximate surface area is 183 Å². The number of hydrogen-bond donors (Lipinski definition) is 1. The topological polar surface area (TPSA) is 49.3 Å². The number of piperidine rings is 1. The van der Waals surface area contributed by atoms with Gasteiger partial charge in [-0.3, -0.25) is 4.99 Å². The number of nitrogens with zero attached hydrogens (tertiary/aromatic N) is 3. The predicted octanol–water partition coefficient (Wildman–Crippen LogP) is 2.82. The Morgan fingerprint density at radius 2 is 2.04 bits per heavy atom. The van der Waals surface area contributed by atoms with Crippen LogP contribution in [0.2, 0.25) is 0 Å². The molecule has 27 heavy (non-hydrogen) atoms. The second-order valence-corrected chi connectivity index (χ2v) is 7.64. The lowest BCUT2D eigenvalue weighted by Crippen LogP contribution is -2.41. The number of aliphatic imine (C=N–C) groups is 1. The van der Waals surface area contributed by atoms with Crippen LogP contribution in [0.5, 0.6) is 0 Å². The lowest BCUT2D eigenvalue weighted by molar-refractivity contribution is 0.0536. The third-order valence-electron chi connectivity index (χ3n) is 5.51. The van der Waals surface area contributed by atoms with Crippen LogP contribution >= 0.6 is 24.0 Å². The minimum atomic E-state index is 0. The van der Waals surface area contributed by atoms with Gasteiger partial charge < -0.3 is 24.6 Å². The van der Waals surface area contributed by atoms with Gasteiger partial charge in [-0.15, -0.1) is 24.0 Å². The first-order valence-corrected chi connectivity index (χ1v) is 10.6. The highest BCUT2D eigenvalue weighted by Crippen LogP contribution is 2.18. The maximum atomic E-state index is 5.70. The third-order valence-corrected chi connectivity index (χ3v) is 5.51. The highest BCUT2D eigenvalue weighted by atomic mass is 127. The lowest BCUT2D eigenvalue weighted by Gasteiger charge is -2.33. The Hall–Kier alpha value is -0.120. The van der Waals surface area contributed by atoms with Crippen molar-refractivity contribution in [2.75, 3.05) is 66.2 Å². The van der Waals surface area contributed by atoms with Gasteiger partial charge in [-0.25, -0.2) is 0 Å². The molecule has 0 bridgehead atoms. The Morgan fingerprint density at radius 1 is 1.19 bits per heavy atom. The molecule has 2 atom stereocenters. The van der Waals surface area contributed by atoms with Crippen molar-refractivity contribution in [2.24, 2.45) is 10.9 Å². The fraction of sp³-hybridized carbons (Fsp3) is 0.950. The molecule has 0 saturated carbocycles. The van der Waals surface area contributed by atoms with E-state index < -0.39 is 0 Å². The summed E-state index contributed by atoms with van der Waals surface area (Å²) in [5.41, 5.74) is 0. The summed E-state index contributed by atoms with van der Waals surface area (Å²) in [6, 6.07) is 0.749. The summed E-state index contributed by atoms with van der Waals surface area (Å²) < 4.78 is 10.7. The van der Waals surface area contributed by atoms with Crippen LogP contribution in [-0.4, -0.2) is 88.0 Å². The molecule has 160 valence electrons. The molecule has 2 aliphatic rings. The van der Waals surface area contributed by atoms with Crippen LogP contribution in [0.15, 0.2) is 4.99 Å². The van der Waals surface area contributed by atoms with Gasteiger partial charge in [-0.2, -0.15) is 0 Å². The first-order chi connectivity index (χ1) is 12.7. The molecular weight excluding hydrogens is 455 g/mol. The average Bonchev–Trinajstić information content (AvgIpc) is 3.11. The molecule has 2 heterocycles. The van der Waals surface area contributed by atoms with E-state index in [0.717, 1.165) is 51.2 Å². The van der Waals surface area contributed by atoms with Crippen LogP contribution in [0, 0.1) is 5.92 Å². The van der Waals surface area contributed by atoms with Crippen LogP contribution in [0.25, 0.3) is 0 Å². The standard InChI is InChI=1S/C20H40N4O2.HI/c1-4-21-20(22-10-7-12-23-11-6-5-8-18(23)2)24-13-9-19(16-24)17-26-15-14-25-3;/h18-19H,4-17H2,1-3H3,(H,21,22);1H. The summed E-state index contributed by atoms with van der Waals surface area (Å²) in [6.45, 7) is 13.1. The third kappa shape index (κ3) is 9.28. The van der Waals surface area contributed by atoms with Crippen molar-refractivity contribution in [1.29, 1.82) is 0 Å². The smallest absolute Gasteiger partial charge is 0.193 e. The first-order valence-electron chi connectivity index (χ1n) is 10.6. The van der Waals surface area contributed by atoms with Gasteiger partial charge in [-0.05, 0) is 46.1 Å². The van der Waals surface area contributed by atoms with E-state index >= 15 is 0 Å². The van der Waals surface area contributed by atoms with Crippen molar-refractivity contribution in [3.05, 3.63) is 0 Å². The Morgan fingerprint density at radius 3 is 2.78 bits per heavy atom. The highest BCUT2D eigenvalue weighted by molar-refractivity contribution is 14.0. The summed E-state index contributed by atoms with van der Waals surface area (Å²) >= 11 is 0. The molecule has 2 aliphatic heterocycles. The largest absolute Gasteiger partial charge is 0.382 e. The van der Waals surface area contributed by atoms with E-state index in [9.17, 15) is 0 Å². The lowest BCUT2D eigenvalue weighted by atomic mass is 10.0. The van der Waals surface area contributed by atoms with Gasteiger partial charge in [0, 0.05) is 51.8 Å². The van der Waals surface area contributed by atoms with E-state index in [0.29, 0.717) is 19.1 Å². The molecule has 0 aliphatic carbocycles. The molecule has 2 saturated heterocycles. The van der Waals surface area contributed by atoms with Crippen molar-refractivity contribution in [3.63, 3.8) is 0 Å². The number of guanidine groups is 1. The van der Waals surface area contributed by atoms with Crippen LogP contribution in [0.1, 0.15) is 46.0 Å². The summed E-state index contributed by atoms with van der Waals surface area (Å²) in [7, 11) is 1.71. The fourth-order valence-corrected chi connectivity index (χ4v) is 3.93. The van der Waals surface area contributed by atoms with Gasteiger partial charge in [0.1, 0.15) is 0 Å². The van der Waals surface area contributed by atoms with E-state index in [2.05, 4.69) is 29.0 Å². The molecule has 0 aromatic rings. The van der Waals surface area contributed by atoms with E-state index in [1.807, 2.05) is 0 Å². The van der Waals surface area contributed by atoms with E-state index in [4.69, 9.17) is 14.5 Å². The zero-order valence-corrected chi connectivity index (χ0v) is 20.0. The molecule has 2 fully saturated rings. The molecule has 1 N–H and O–H groups in total. The predicted molar refractivity (Wildman–Crippen MR) is 123 cm³/mol. The minimum absolute atomic E-state index is 0. The molecule has 0 radical (unpaired) electrons. The van der Waals surface area contributed by atoms with Gasteiger partial charge in [-0.1, -0.05) is 6.42 Å². The van der Waals surface area contributed by atoms with Crippen molar-refractivity contribution < 1.29 is 9.47 Å². The van der Waals surface area contributed by atoms with Gasteiger partial charge >= 0.3 is 0 Å². The average molecular weight is 496 g/mol. The van der Waals surface area contributed by atoms with Crippen LogP contribution in [0.4, 0.5) is 0 Å². The second kappa shape index (κ2) is 14.8. The maximum absolute atomic E-state index is 5.70. The quantitative estimate of drug-likeness (QED) is 0.218. The van der Waals surface area contributed by atoms with Crippen LogP contribution < -0.4 is 5.32 Å². The van der Waals surface area contributed by atoms with E-state index in [1.54, 1.807) is 7.11 Å². The molecule has 6 nitrogen and oxygen atoms in total. The van der Waals surface area contributed by atoms with Gasteiger partial charge in [0.25, 0.3) is 0 Å². The Kier molecular flexibility index (Phi) is 13.7. The monoisotopic (exact) mass is 496 g/mol. The number of ether oxygens (including phenoxy) is 2. The highest BCUT2D eigenvalue weighted by Gasteiger charge is 2.25. The van der Waals surface area contributed by atoms with Crippen molar-refractivity contribution in [2.45, 2.75) is 52.0 Å². The number of methoxy groups -OCH3 is 1. The maximum Gasteiger partial charge on any atom is 0.193 e. The van der Waals surface area contributed by atoms with Crippen molar-refractivity contribution in [3.8, 4) is 0 Å². The van der Waals surface area contributed by atoms with E-state index in [-0.39, 0.29) is 24.0 Å². The summed E-state index contributed by atoms with van der Waals surface area (Å²) in [4.78, 5) is 9.93. The van der Waals surface area contributed by atoms with Gasteiger partial charge in [0.15, 0.2) is 5.96 Å². The van der Waals surface area contributed by atoms with Crippen molar-refractivity contribution in [1.82, 2.24) is 15.1 Å². The minimum Gasteiger partial charge on any atom is -0.382 e. The molecule has 0 aromatic carbocycles. The number of rotatable bonds is 10. The number of likely N-dealkylation sites (tertiary alicyclic amines) is 2. The van der Waals surface area contributed by atoms with Crippen molar-refractivity contribution >= 4 is 29.9 Å². The summed E-state index contributed by atoms with van der Waals surface area (Å²) in [6.07, 6.45) is 6.44. The fourth-order valence-electron chi connectivity index (χ4n) is 3.93. The summed E-state index contributed by atoms with van der Waals surface area (Å²) in [5.74, 6) is 1.68.